The van der Waals surface area contributed by atoms with Gasteiger partial charge in [0.2, 0.25) is 0 Å². The van der Waals surface area contributed by atoms with Crippen molar-refractivity contribution < 1.29 is 0 Å². The summed E-state index contributed by atoms with van der Waals surface area (Å²) in [7, 11) is 0. The minimum atomic E-state index is 0.386. The van der Waals surface area contributed by atoms with Crippen LogP contribution in [0.5, 0.6) is 0 Å². The maximum absolute atomic E-state index is 5.78. The third-order valence-electron chi connectivity index (χ3n) is 4.93. The van der Waals surface area contributed by atoms with Gasteiger partial charge in [0.15, 0.2) is 0 Å². The Kier molecular flexibility index (Phi) is 5.46. The predicted octanol–water partition coefficient (Wildman–Crippen LogP) is 3.72. The second kappa shape index (κ2) is 6.19. The highest BCUT2D eigenvalue weighted by Gasteiger charge is 2.29. The van der Waals surface area contributed by atoms with Gasteiger partial charge in [-0.2, -0.15) is 0 Å². The van der Waals surface area contributed by atoms with Crippen LogP contribution in [0, 0.1) is 23.2 Å². The molecule has 2 unspecified atom stereocenters. The molecule has 17 heavy (non-hydrogen) atoms. The van der Waals surface area contributed by atoms with Gasteiger partial charge in [-0.05, 0) is 42.4 Å². The summed E-state index contributed by atoms with van der Waals surface area (Å²) >= 11 is 0. The molecule has 102 valence electrons. The van der Waals surface area contributed by atoms with Gasteiger partial charge in [0, 0.05) is 6.04 Å². The number of nitrogens with two attached hydrogens (primary N) is 1. The Hall–Kier alpha value is -0.0800. The normalized spacial score (nSPS) is 30.0. The highest BCUT2D eigenvalue weighted by Crippen LogP contribution is 2.35. The van der Waals surface area contributed by atoms with E-state index in [9.17, 15) is 0 Å². The van der Waals surface area contributed by atoms with E-state index in [1.54, 1.807) is 0 Å². The first-order valence-corrected chi connectivity index (χ1v) is 7.30. The zero-order valence-corrected chi connectivity index (χ0v) is 12.4. The molecule has 2 nitrogen and oxygen atoms in total. The second-order valence-corrected chi connectivity index (χ2v) is 7.30. The zero-order valence-electron chi connectivity index (χ0n) is 12.4. The minimum Gasteiger partial charge on any atom is -0.271 e. The first-order valence-electron chi connectivity index (χ1n) is 7.30. The van der Waals surface area contributed by atoms with Crippen molar-refractivity contribution in [2.45, 2.75) is 72.8 Å². The molecular formula is C15H32N2. The first-order chi connectivity index (χ1) is 7.84. The van der Waals surface area contributed by atoms with Gasteiger partial charge in [0.05, 0.1) is 0 Å². The summed E-state index contributed by atoms with van der Waals surface area (Å²) in [4.78, 5) is 0. The molecule has 1 fully saturated rings. The van der Waals surface area contributed by atoms with Crippen LogP contribution in [0.3, 0.4) is 0 Å². The lowest BCUT2D eigenvalue weighted by atomic mass is 9.73. The standard InChI is InChI=1S/C15H32N2/c1-11-6-8-13(9-7-11)14(17-16)10-12(2)15(3,4)5/h11-14,17H,6-10,16H2,1-5H3. The number of hydrogen-bond donors (Lipinski definition) is 2. The van der Waals surface area contributed by atoms with Crippen LogP contribution in [0.1, 0.15) is 66.7 Å². The lowest BCUT2D eigenvalue weighted by Crippen LogP contribution is -2.44. The second-order valence-electron chi connectivity index (χ2n) is 7.30. The largest absolute Gasteiger partial charge is 0.271 e. The van der Waals surface area contributed by atoms with Crippen molar-refractivity contribution in [2.75, 3.05) is 0 Å². The van der Waals surface area contributed by atoms with Crippen molar-refractivity contribution in [3.63, 3.8) is 0 Å². The smallest absolute Gasteiger partial charge is 0.0241 e. The fourth-order valence-corrected chi connectivity index (χ4v) is 2.82. The molecule has 1 aliphatic rings. The topological polar surface area (TPSA) is 38.0 Å². The quantitative estimate of drug-likeness (QED) is 0.580. The summed E-state index contributed by atoms with van der Waals surface area (Å²) in [6.07, 6.45) is 6.68. The van der Waals surface area contributed by atoms with Gasteiger partial charge in [-0.15, -0.1) is 0 Å². The highest BCUT2D eigenvalue weighted by atomic mass is 15.2. The van der Waals surface area contributed by atoms with Gasteiger partial charge in [-0.3, -0.25) is 11.3 Å². The molecule has 1 aliphatic carbocycles. The van der Waals surface area contributed by atoms with Crippen molar-refractivity contribution in [2.24, 2.45) is 29.0 Å². The maximum atomic E-state index is 5.78. The maximum Gasteiger partial charge on any atom is 0.0241 e. The lowest BCUT2D eigenvalue weighted by Gasteiger charge is -2.36. The number of hydrazine groups is 1. The molecule has 0 aromatic rings. The van der Waals surface area contributed by atoms with Gasteiger partial charge in [0.1, 0.15) is 0 Å². The van der Waals surface area contributed by atoms with Crippen LogP contribution in [-0.2, 0) is 0 Å². The van der Waals surface area contributed by atoms with Crippen LogP contribution in [0.25, 0.3) is 0 Å². The number of hydrogen-bond acceptors (Lipinski definition) is 2. The Morgan fingerprint density at radius 2 is 1.71 bits per heavy atom. The summed E-state index contributed by atoms with van der Waals surface area (Å²) in [6, 6.07) is 0.511. The molecule has 1 rings (SSSR count). The average Bonchev–Trinajstić information content (AvgIpc) is 2.25. The van der Waals surface area contributed by atoms with E-state index in [1.165, 1.54) is 32.1 Å². The molecule has 0 aliphatic heterocycles. The summed E-state index contributed by atoms with van der Waals surface area (Å²) in [5, 5.41) is 0. The molecule has 0 bridgehead atoms. The van der Waals surface area contributed by atoms with Gasteiger partial charge < -0.3 is 0 Å². The fourth-order valence-electron chi connectivity index (χ4n) is 2.82. The molecule has 2 heteroatoms. The fraction of sp³-hybridized carbons (Fsp3) is 1.00. The van der Waals surface area contributed by atoms with E-state index in [0.29, 0.717) is 17.4 Å². The SMILES string of the molecule is CC1CCC(C(CC(C)C(C)(C)C)NN)CC1. The monoisotopic (exact) mass is 240 g/mol. The number of nitrogens with one attached hydrogen (secondary N) is 1. The van der Waals surface area contributed by atoms with E-state index in [4.69, 9.17) is 5.84 Å². The van der Waals surface area contributed by atoms with Crippen molar-refractivity contribution in [3.8, 4) is 0 Å². The third kappa shape index (κ3) is 4.59. The van der Waals surface area contributed by atoms with E-state index in [2.05, 4.69) is 40.0 Å². The summed E-state index contributed by atoms with van der Waals surface area (Å²) in [5.74, 6) is 8.20. The van der Waals surface area contributed by atoms with Gasteiger partial charge in [-0.25, -0.2) is 0 Å². The Bertz CT molecular complexity index is 211. The van der Waals surface area contributed by atoms with Crippen LogP contribution in [-0.4, -0.2) is 6.04 Å². The zero-order chi connectivity index (χ0) is 13.1. The van der Waals surface area contributed by atoms with Crippen LogP contribution >= 0.6 is 0 Å². The Morgan fingerprint density at radius 1 is 1.18 bits per heavy atom. The Morgan fingerprint density at radius 3 is 2.12 bits per heavy atom. The average molecular weight is 240 g/mol. The highest BCUT2D eigenvalue weighted by molar-refractivity contribution is 4.83. The molecular weight excluding hydrogens is 208 g/mol. The predicted molar refractivity (Wildman–Crippen MR) is 75.5 cm³/mol. The van der Waals surface area contributed by atoms with Gasteiger partial charge >= 0.3 is 0 Å². The van der Waals surface area contributed by atoms with Gasteiger partial charge in [-0.1, -0.05) is 47.5 Å². The number of rotatable bonds is 4. The summed E-state index contributed by atoms with van der Waals surface area (Å²) < 4.78 is 0. The molecule has 0 radical (unpaired) electrons. The Labute approximate surface area is 108 Å². The molecule has 2 atom stereocenters. The van der Waals surface area contributed by atoms with E-state index in [1.807, 2.05) is 0 Å². The third-order valence-corrected chi connectivity index (χ3v) is 4.93. The van der Waals surface area contributed by atoms with Crippen LogP contribution < -0.4 is 11.3 Å². The molecule has 0 amide bonds. The summed E-state index contributed by atoms with van der Waals surface area (Å²) in [6.45, 7) is 11.7. The molecule has 0 spiro atoms. The van der Waals surface area contributed by atoms with E-state index >= 15 is 0 Å². The van der Waals surface area contributed by atoms with E-state index < -0.39 is 0 Å². The first kappa shape index (κ1) is 15.0. The van der Waals surface area contributed by atoms with Gasteiger partial charge in [0.25, 0.3) is 0 Å². The van der Waals surface area contributed by atoms with E-state index in [0.717, 1.165) is 11.8 Å². The molecule has 0 aromatic heterocycles. The van der Waals surface area contributed by atoms with Crippen LogP contribution in [0.2, 0.25) is 0 Å². The van der Waals surface area contributed by atoms with Crippen LogP contribution in [0.15, 0.2) is 0 Å². The Balaban J connectivity index is 2.48. The van der Waals surface area contributed by atoms with Crippen molar-refractivity contribution >= 4 is 0 Å². The van der Waals surface area contributed by atoms with Crippen molar-refractivity contribution in [1.82, 2.24) is 5.43 Å². The molecule has 0 heterocycles. The molecule has 0 aromatic carbocycles. The minimum absolute atomic E-state index is 0.386. The van der Waals surface area contributed by atoms with E-state index in [-0.39, 0.29) is 0 Å². The van der Waals surface area contributed by atoms with Crippen LogP contribution in [0.4, 0.5) is 0 Å². The molecule has 1 saturated carbocycles. The molecule has 0 saturated heterocycles. The molecule has 3 N–H and O–H groups in total. The van der Waals surface area contributed by atoms with Crippen molar-refractivity contribution in [3.05, 3.63) is 0 Å². The lowest BCUT2D eigenvalue weighted by molar-refractivity contribution is 0.165. The van der Waals surface area contributed by atoms with Crippen molar-refractivity contribution in [1.29, 1.82) is 0 Å². The summed E-state index contributed by atoms with van der Waals surface area (Å²) in [5.41, 5.74) is 3.48.